The zero-order valence-corrected chi connectivity index (χ0v) is 10.1. The number of nitrogen functional groups attached to an aromatic ring is 1. The van der Waals surface area contributed by atoms with Crippen molar-refractivity contribution >= 4 is 11.6 Å². The number of nitrogens with zero attached hydrogens (tertiary/aromatic N) is 1. The third-order valence-electron chi connectivity index (χ3n) is 3.14. The summed E-state index contributed by atoms with van der Waals surface area (Å²) in [6.07, 6.45) is 3.34. The Balaban J connectivity index is 2.29. The summed E-state index contributed by atoms with van der Waals surface area (Å²) in [7, 11) is 1.56. The van der Waals surface area contributed by atoms with Gasteiger partial charge in [-0.25, -0.2) is 0 Å². The largest absolute Gasteiger partial charge is 0.496 e. The average molecular weight is 234 g/mol. The molecule has 0 saturated carbocycles. The maximum absolute atomic E-state index is 12.4. The minimum absolute atomic E-state index is 0.0142. The highest BCUT2D eigenvalue weighted by Gasteiger charge is 2.23. The fourth-order valence-corrected chi connectivity index (χ4v) is 2.20. The van der Waals surface area contributed by atoms with Crippen molar-refractivity contribution in [2.24, 2.45) is 0 Å². The lowest BCUT2D eigenvalue weighted by atomic mass is 10.1. The van der Waals surface area contributed by atoms with Gasteiger partial charge in [-0.2, -0.15) is 0 Å². The smallest absolute Gasteiger partial charge is 0.259 e. The van der Waals surface area contributed by atoms with E-state index in [9.17, 15) is 4.79 Å². The lowest BCUT2D eigenvalue weighted by Gasteiger charge is -2.27. The van der Waals surface area contributed by atoms with Crippen LogP contribution >= 0.6 is 0 Å². The van der Waals surface area contributed by atoms with Gasteiger partial charge in [0, 0.05) is 18.8 Å². The van der Waals surface area contributed by atoms with E-state index in [1.54, 1.807) is 25.3 Å². The van der Waals surface area contributed by atoms with Gasteiger partial charge in [-0.05, 0) is 31.4 Å². The number of rotatable bonds is 2. The lowest BCUT2D eigenvalue weighted by Crippen LogP contribution is -2.36. The van der Waals surface area contributed by atoms with Gasteiger partial charge in [0.05, 0.1) is 7.11 Å². The highest BCUT2D eigenvalue weighted by molar-refractivity contribution is 6.01. The van der Waals surface area contributed by atoms with Crippen LogP contribution in [0.1, 0.15) is 29.6 Å². The summed E-state index contributed by atoms with van der Waals surface area (Å²) >= 11 is 0. The van der Waals surface area contributed by atoms with Gasteiger partial charge in [-0.3, -0.25) is 4.79 Å². The molecule has 1 amide bonds. The molecule has 0 aliphatic carbocycles. The first kappa shape index (κ1) is 11.8. The quantitative estimate of drug-likeness (QED) is 0.795. The molecule has 0 aromatic heterocycles. The van der Waals surface area contributed by atoms with Crippen molar-refractivity contribution in [3.63, 3.8) is 0 Å². The van der Waals surface area contributed by atoms with Crippen molar-refractivity contribution in [3.05, 3.63) is 23.8 Å². The average Bonchev–Trinajstić information content (AvgIpc) is 2.38. The van der Waals surface area contributed by atoms with Gasteiger partial charge in [0.15, 0.2) is 0 Å². The molecule has 1 fully saturated rings. The monoisotopic (exact) mass is 234 g/mol. The van der Waals surface area contributed by atoms with Crippen molar-refractivity contribution in [1.82, 2.24) is 4.90 Å². The molecule has 2 N–H and O–H groups in total. The summed E-state index contributed by atoms with van der Waals surface area (Å²) in [6.45, 7) is 1.63. The first-order valence-electron chi connectivity index (χ1n) is 5.96. The van der Waals surface area contributed by atoms with Crippen LogP contribution in [0.3, 0.4) is 0 Å². The van der Waals surface area contributed by atoms with Crippen molar-refractivity contribution in [2.75, 3.05) is 25.9 Å². The minimum atomic E-state index is -0.0142. The van der Waals surface area contributed by atoms with E-state index in [0.717, 1.165) is 25.9 Å². The molecule has 0 bridgehead atoms. The van der Waals surface area contributed by atoms with Crippen molar-refractivity contribution in [1.29, 1.82) is 0 Å². The highest BCUT2D eigenvalue weighted by Crippen LogP contribution is 2.26. The summed E-state index contributed by atoms with van der Waals surface area (Å²) in [6, 6.07) is 5.30. The highest BCUT2D eigenvalue weighted by atomic mass is 16.5. The van der Waals surface area contributed by atoms with E-state index >= 15 is 0 Å². The van der Waals surface area contributed by atoms with Crippen molar-refractivity contribution in [2.45, 2.75) is 19.3 Å². The number of nitrogens with two attached hydrogens (primary N) is 1. The van der Waals surface area contributed by atoms with E-state index < -0.39 is 0 Å². The number of piperidine rings is 1. The maximum Gasteiger partial charge on any atom is 0.259 e. The van der Waals surface area contributed by atoms with Crippen LogP contribution in [0.25, 0.3) is 0 Å². The Morgan fingerprint density at radius 2 is 2.00 bits per heavy atom. The Labute approximate surface area is 101 Å². The van der Waals surface area contributed by atoms with E-state index in [1.165, 1.54) is 6.42 Å². The molecule has 2 rings (SSSR count). The summed E-state index contributed by atoms with van der Waals surface area (Å²) in [5, 5.41) is 0. The molecule has 1 aliphatic rings. The Kier molecular flexibility index (Phi) is 3.52. The molecule has 0 spiro atoms. The summed E-state index contributed by atoms with van der Waals surface area (Å²) in [5.74, 6) is 0.542. The van der Waals surface area contributed by atoms with Gasteiger partial charge in [-0.15, -0.1) is 0 Å². The first-order chi connectivity index (χ1) is 8.24. The summed E-state index contributed by atoms with van der Waals surface area (Å²) in [5.41, 5.74) is 6.86. The maximum atomic E-state index is 12.4. The zero-order chi connectivity index (χ0) is 12.3. The number of amides is 1. The standard InChI is InChI=1S/C13H18N2O2/c1-17-11-7-5-6-10(14)12(11)13(16)15-8-3-2-4-9-15/h5-7H,2-4,8-9,14H2,1H3. The van der Waals surface area contributed by atoms with E-state index in [0.29, 0.717) is 17.0 Å². The molecule has 4 heteroatoms. The molecule has 1 aromatic carbocycles. The van der Waals surface area contributed by atoms with E-state index in [4.69, 9.17) is 10.5 Å². The molecule has 1 aliphatic heterocycles. The molecular formula is C13H18N2O2. The Morgan fingerprint density at radius 1 is 1.29 bits per heavy atom. The van der Waals surface area contributed by atoms with Crippen LogP contribution in [0, 0.1) is 0 Å². The number of hydrogen-bond acceptors (Lipinski definition) is 3. The first-order valence-corrected chi connectivity index (χ1v) is 5.96. The van der Waals surface area contributed by atoms with Gasteiger partial charge in [0.1, 0.15) is 11.3 Å². The van der Waals surface area contributed by atoms with Gasteiger partial charge in [0.2, 0.25) is 0 Å². The number of likely N-dealkylation sites (tertiary alicyclic amines) is 1. The van der Waals surface area contributed by atoms with E-state index in [2.05, 4.69) is 0 Å². The predicted molar refractivity (Wildman–Crippen MR) is 67.2 cm³/mol. The second-order valence-electron chi connectivity index (χ2n) is 4.28. The van der Waals surface area contributed by atoms with Crippen LogP contribution in [-0.2, 0) is 0 Å². The molecular weight excluding hydrogens is 216 g/mol. The number of methoxy groups -OCH3 is 1. The van der Waals surface area contributed by atoms with Crippen LogP contribution < -0.4 is 10.5 Å². The molecule has 1 heterocycles. The van der Waals surface area contributed by atoms with Crippen molar-refractivity contribution in [3.8, 4) is 5.75 Å². The van der Waals surface area contributed by atoms with Gasteiger partial charge in [0.25, 0.3) is 5.91 Å². The van der Waals surface area contributed by atoms with Crippen LogP contribution in [0.5, 0.6) is 5.75 Å². The Hall–Kier alpha value is -1.71. The Bertz CT molecular complexity index is 412. The number of benzene rings is 1. The molecule has 92 valence electrons. The summed E-state index contributed by atoms with van der Waals surface area (Å²) in [4.78, 5) is 14.2. The van der Waals surface area contributed by atoms with Gasteiger partial charge >= 0.3 is 0 Å². The molecule has 0 atom stereocenters. The van der Waals surface area contributed by atoms with Crippen LogP contribution in [0.4, 0.5) is 5.69 Å². The van der Waals surface area contributed by atoms with Crippen LogP contribution in [0.2, 0.25) is 0 Å². The van der Waals surface area contributed by atoms with Crippen molar-refractivity contribution < 1.29 is 9.53 Å². The van der Waals surface area contributed by atoms with E-state index in [1.807, 2.05) is 4.90 Å². The lowest BCUT2D eigenvalue weighted by molar-refractivity contribution is 0.0722. The van der Waals surface area contributed by atoms with Gasteiger partial charge < -0.3 is 15.4 Å². The Morgan fingerprint density at radius 3 is 2.65 bits per heavy atom. The number of carbonyl (C=O) groups excluding carboxylic acids is 1. The predicted octanol–water partition coefficient (Wildman–Crippen LogP) is 1.90. The fourth-order valence-electron chi connectivity index (χ4n) is 2.20. The second-order valence-corrected chi connectivity index (χ2v) is 4.28. The molecule has 4 nitrogen and oxygen atoms in total. The molecule has 0 radical (unpaired) electrons. The molecule has 0 unspecified atom stereocenters. The third-order valence-corrected chi connectivity index (χ3v) is 3.14. The number of carbonyl (C=O) groups is 1. The third kappa shape index (κ3) is 2.35. The molecule has 17 heavy (non-hydrogen) atoms. The van der Waals surface area contributed by atoms with Gasteiger partial charge in [-0.1, -0.05) is 6.07 Å². The normalized spacial score (nSPS) is 15.7. The second kappa shape index (κ2) is 5.08. The topological polar surface area (TPSA) is 55.6 Å². The zero-order valence-electron chi connectivity index (χ0n) is 10.1. The molecule has 1 aromatic rings. The number of ether oxygens (including phenoxy) is 1. The van der Waals surface area contributed by atoms with Crippen LogP contribution in [0.15, 0.2) is 18.2 Å². The number of hydrogen-bond donors (Lipinski definition) is 1. The van der Waals surface area contributed by atoms with E-state index in [-0.39, 0.29) is 5.91 Å². The minimum Gasteiger partial charge on any atom is -0.496 e. The van der Waals surface area contributed by atoms with Crippen LogP contribution in [-0.4, -0.2) is 31.0 Å². The number of anilines is 1. The molecule has 1 saturated heterocycles. The SMILES string of the molecule is COc1cccc(N)c1C(=O)N1CCCCC1. The fraction of sp³-hybridized carbons (Fsp3) is 0.462. The summed E-state index contributed by atoms with van der Waals surface area (Å²) < 4.78 is 5.21.